The van der Waals surface area contributed by atoms with Crippen LogP contribution >= 0.6 is 0 Å². The van der Waals surface area contributed by atoms with Gasteiger partial charge in [-0.2, -0.15) is 0 Å². The minimum absolute atomic E-state index is 0.397. The number of para-hydroxylation sites is 2. The first-order valence-corrected chi connectivity index (χ1v) is 8.30. The van der Waals surface area contributed by atoms with Crippen molar-refractivity contribution in [1.29, 1.82) is 0 Å². The molecule has 0 saturated heterocycles. The maximum Gasteiger partial charge on any atom is 0.269 e. The first-order valence-electron chi connectivity index (χ1n) is 8.30. The zero-order valence-corrected chi connectivity index (χ0v) is 15.0. The Kier molecular flexibility index (Phi) is 5.41. The Bertz CT molecular complexity index is 1010. The normalized spacial score (nSPS) is 10.7. The second-order valence-corrected chi connectivity index (χ2v) is 6.01. The number of rotatable bonds is 4. The van der Waals surface area contributed by atoms with Crippen molar-refractivity contribution >= 4 is 34.6 Å². The van der Waals surface area contributed by atoms with E-state index < -0.39 is 11.8 Å². The standard InChI is InChI=1S/C20H19N5O2/c1-25(2)16-7-5-6-14(12-16)20(27)24-23-19(26)11-10-15-13-21-17-8-3-4-9-18(17)22-15/h3-13H,1-2H3,(H,23,26)(H,24,27)/b11-10+. The fraction of sp³-hybridized carbons (Fsp3) is 0.100. The number of amides is 2. The van der Waals surface area contributed by atoms with E-state index in [1.165, 1.54) is 12.2 Å². The van der Waals surface area contributed by atoms with Gasteiger partial charge in [0.25, 0.3) is 11.8 Å². The summed E-state index contributed by atoms with van der Waals surface area (Å²) in [6, 6.07) is 14.6. The predicted molar refractivity (Wildman–Crippen MR) is 105 cm³/mol. The number of aromatic nitrogens is 2. The number of anilines is 1. The van der Waals surface area contributed by atoms with E-state index >= 15 is 0 Å². The highest BCUT2D eigenvalue weighted by atomic mass is 16.2. The molecule has 0 spiro atoms. The van der Waals surface area contributed by atoms with Gasteiger partial charge in [0.1, 0.15) is 0 Å². The highest BCUT2D eigenvalue weighted by Crippen LogP contribution is 2.13. The van der Waals surface area contributed by atoms with Crippen molar-refractivity contribution in [1.82, 2.24) is 20.8 Å². The van der Waals surface area contributed by atoms with Gasteiger partial charge in [-0.15, -0.1) is 0 Å². The zero-order chi connectivity index (χ0) is 19.2. The van der Waals surface area contributed by atoms with Crippen LogP contribution in [0.5, 0.6) is 0 Å². The van der Waals surface area contributed by atoms with E-state index in [1.54, 1.807) is 24.4 Å². The van der Waals surface area contributed by atoms with Crippen LogP contribution in [0.15, 0.2) is 60.8 Å². The van der Waals surface area contributed by atoms with Gasteiger partial charge in [0.15, 0.2) is 0 Å². The fourth-order valence-corrected chi connectivity index (χ4v) is 2.37. The Labute approximate surface area is 156 Å². The van der Waals surface area contributed by atoms with Gasteiger partial charge in [-0.1, -0.05) is 18.2 Å². The lowest BCUT2D eigenvalue weighted by molar-refractivity contribution is -0.117. The lowest BCUT2D eigenvalue weighted by atomic mass is 10.2. The van der Waals surface area contributed by atoms with Crippen LogP contribution in [-0.4, -0.2) is 35.9 Å². The van der Waals surface area contributed by atoms with Crippen LogP contribution in [-0.2, 0) is 4.79 Å². The molecule has 0 atom stereocenters. The van der Waals surface area contributed by atoms with Crippen LogP contribution in [0, 0.1) is 0 Å². The first-order chi connectivity index (χ1) is 13.0. The van der Waals surface area contributed by atoms with Crippen LogP contribution < -0.4 is 15.8 Å². The molecule has 2 amide bonds. The summed E-state index contributed by atoms with van der Waals surface area (Å²) in [5.74, 6) is -0.868. The molecule has 0 unspecified atom stereocenters. The maximum absolute atomic E-state index is 12.2. The molecule has 3 rings (SSSR count). The highest BCUT2D eigenvalue weighted by Gasteiger charge is 2.07. The molecule has 0 fully saturated rings. The number of carbonyl (C=O) groups is 2. The third kappa shape index (κ3) is 4.66. The van der Waals surface area contributed by atoms with Gasteiger partial charge in [-0.05, 0) is 36.4 Å². The van der Waals surface area contributed by atoms with Crippen molar-refractivity contribution in [2.24, 2.45) is 0 Å². The van der Waals surface area contributed by atoms with Crippen LogP contribution in [0.25, 0.3) is 17.1 Å². The Morgan fingerprint density at radius 3 is 2.56 bits per heavy atom. The van der Waals surface area contributed by atoms with Gasteiger partial charge in [0.05, 0.1) is 22.9 Å². The lowest BCUT2D eigenvalue weighted by Gasteiger charge is -2.13. The summed E-state index contributed by atoms with van der Waals surface area (Å²) in [6.45, 7) is 0. The third-order valence-corrected chi connectivity index (χ3v) is 3.80. The summed E-state index contributed by atoms with van der Waals surface area (Å²) in [6.07, 6.45) is 4.40. The van der Waals surface area contributed by atoms with E-state index in [0.29, 0.717) is 11.3 Å². The minimum Gasteiger partial charge on any atom is -0.378 e. The zero-order valence-electron chi connectivity index (χ0n) is 15.0. The first kappa shape index (κ1) is 18.1. The molecule has 0 saturated carbocycles. The van der Waals surface area contributed by atoms with Gasteiger partial charge in [-0.25, -0.2) is 4.98 Å². The van der Waals surface area contributed by atoms with E-state index in [0.717, 1.165) is 16.7 Å². The summed E-state index contributed by atoms with van der Waals surface area (Å²) in [4.78, 5) is 34.6. The van der Waals surface area contributed by atoms with Crippen molar-refractivity contribution in [2.45, 2.75) is 0 Å². The van der Waals surface area contributed by atoms with Gasteiger partial charge in [-0.3, -0.25) is 25.4 Å². The van der Waals surface area contributed by atoms with Gasteiger partial charge in [0, 0.05) is 31.4 Å². The number of hydrogen-bond donors (Lipinski definition) is 2. The molecule has 2 aromatic carbocycles. The second kappa shape index (κ2) is 8.09. The average molecular weight is 361 g/mol. The van der Waals surface area contributed by atoms with Gasteiger partial charge < -0.3 is 4.90 Å². The molecule has 0 aliphatic heterocycles. The molecule has 0 radical (unpaired) electrons. The average Bonchev–Trinajstić information content (AvgIpc) is 2.70. The topological polar surface area (TPSA) is 87.2 Å². The molecular weight excluding hydrogens is 342 g/mol. The monoisotopic (exact) mass is 361 g/mol. The summed E-state index contributed by atoms with van der Waals surface area (Å²) < 4.78 is 0. The maximum atomic E-state index is 12.2. The van der Waals surface area contributed by atoms with Crippen molar-refractivity contribution in [3.8, 4) is 0 Å². The van der Waals surface area contributed by atoms with E-state index in [1.807, 2.05) is 49.3 Å². The summed E-state index contributed by atoms with van der Waals surface area (Å²) in [5, 5.41) is 0. The lowest BCUT2D eigenvalue weighted by Crippen LogP contribution is -2.40. The number of nitrogens with one attached hydrogen (secondary N) is 2. The van der Waals surface area contributed by atoms with E-state index in [2.05, 4.69) is 20.8 Å². The Balaban J connectivity index is 1.59. The number of fused-ring (bicyclic) bond motifs is 1. The van der Waals surface area contributed by atoms with Crippen LogP contribution in [0.3, 0.4) is 0 Å². The second-order valence-electron chi connectivity index (χ2n) is 6.01. The molecule has 27 heavy (non-hydrogen) atoms. The summed E-state index contributed by atoms with van der Waals surface area (Å²) >= 11 is 0. The predicted octanol–water partition coefficient (Wildman–Crippen LogP) is 2.17. The van der Waals surface area contributed by atoms with E-state index in [9.17, 15) is 9.59 Å². The molecule has 0 aliphatic carbocycles. The van der Waals surface area contributed by atoms with Crippen LogP contribution in [0.1, 0.15) is 16.1 Å². The smallest absolute Gasteiger partial charge is 0.269 e. The SMILES string of the molecule is CN(C)c1cccc(C(=O)NNC(=O)/C=C/c2cnc3ccccc3n2)c1. The number of hydrazine groups is 1. The van der Waals surface area contributed by atoms with E-state index in [-0.39, 0.29) is 0 Å². The van der Waals surface area contributed by atoms with Crippen molar-refractivity contribution in [2.75, 3.05) is 19.0 Å². The quantitative estimate of drug-likeness (QED) is 0.549. The number of hydrogen-bond acceptors (Lipinski definition) is 5. The van der Waals surface area contributed by atoms with Crippen molar-refractivity contribution in [3.63, 3.8) is 0 Å². The molecular formula is C20H19N5O2. The molecule has 2 N–H and O–H groups in total. The third-order valence-electron chi connectivity index (χ3n) is 3.80. The van der Waals surface area contributed by atoms with Crippen LogP contribution in [0.4, 0.5) is 5.69 Å². The molecule has 0 bridgehead atoms. The van der Waals surface area contributed by atoms with E-state index in [4.69, 9.17) is 0 Å². The molecule has 0 aliphatic rings. The molecule has 1 heterocycles. The molecule has 1 aromatic heterocycles. The Morgan fingerprint density at radius 2 is 1.78 bits per heavy atom. The highest BCUT2D eigenvalue weighted by molar-refractivity contribution is 5.98. The van der Waals surface area contributed by atoms with Crippen LogP contribution in [0.2, 0.25) is 0 Å². The Hall–Kier alpha value is -3.74. The summed E-state index contributed by atoms with van der Waals surface area (Å²) in [5.41, 5.74) is 8.16. The molecule has 3 aromatic rings. The van der Waals surface area contributed by atoms with Crippen molar-refractivity contribution < 1.29 is 9.59 Å². The number of benzene rings is 2. The fourth-order valence-electron chi connectivity index (χ4n) is 2.37. The largest absolute Gasteiger partial charge is 0.378 e. The number of nitrogens with zero attached hydrogens (tertiary/aromatic N) is 3. The van der Waals surface area contributed by atoms with Gasteiger partial charge >= 0.3 is 0 Å². The molecule has 7 heteroatoms. The summed E-state index contributed by atoms with van der Waals surface area (Å²) in [7, 11) is 3.78. The Morgan fingerprint density at radius 1 is 1.00 bits per heavy atom. The number of carbonyl (C=O) groups excluding carboxylic acids is 2. The molecule has 7 nitrogen and oxygen atoms in total. The minimum atomic E-state index is -0.470. The van der Waals surface area contributed by atoms with Crippen molar-refractivity contribution in [3.05, 3.63) is 72.1 Å². The van der Waals surface area contributed by atoms with Gasteiger partial charge in [0.2, 0.25) is 0 Å². The molecule has 136 valence electrons.